The van der Waals surface area contributed by atoms with Gasteiger partial charge in [0.25, 0.3) is 5.91 Å². The lowest BCUT2D eigenvalue weighted by atomic mass is 10.1. The van der Waals surface area contributed by atoms with Crippen molar-refractivity contribution in [3.63, 3.8) is 0 Å². The van der Waals surface area contributed by atoms with E-state index in [4.69, 9.17) is 0 Å². The predicted molar refractivity (Wildman–Crippen MR) is 101 cm³/mol. The molecular weight excluding hydrogens is 429 g/mol. The van der Waals surface area contributed by atoms with Gasteiger partial charge in [-0.15, -0.1) is 47.5 Å². The molecule has 1 amide bonds. The molecule has 1 atom stereocenters. The Kier molecular flexibility index (Phi) is 8.31. The number of hydrogen-bond acceptors (Lipinski definition) is 5. The molecule has 2 aromatic heterocycles. The molecule has 1 saturated heterocycles. The zero-order valence-electron chi connectivity index (χ0n) is 11.5. The number of nitrogens with zero attached hydrogens (tertiary/aromatic N) is 1. The Morgan fingerprint density at radius 2 is 2.18 bits per heavy atom. The van der Waals surface area contributed by atoms with Gasteiger partial charge in [0.2, 0.25) is 0 Å². The Bertz CT molecular complexity index is 614. The van der Waals surface area contributed by atoms with Crippen LogP contribution in [0.3, 0.4) is 0 Å². The molecule has 22 heavy (non-hydrogen) atoms. The highest BCUT2D eigenvalue weighted by Gasteiger charge is 2.18. The van der Waals surface area contributed by atoms with Gasteiger partial charge in [0.05, 0.1) is 4.88 Å². The summed E-state index contributed by atoms with van der Waals surface area (Å²) in [5, 5.41) is 11.1. The van der Waals surface area contributed by atoms with Crippen molar-refractivity contribution in [2.45, 2.75) is 18.9 Å². The van der Waals surface area contributed by atoms with Crippen molar-refractivity contribution >= 4 is 69.3 Å². The van der Waals surface area contributed by atoms with Crippen molar-refractivity contribution in [2.24, 2.45) is 0 Å². The largest absolute Gasteiger partial charge is 0.347 e. The van der Waals surface area contributed by atoms with E-state index in [0.29, 0.717) is 5.69 Å². The lowest BCUT2D eigenvalue weighted by Gasteiger charge is -2.23. The van der Waals surface area contributed by atoms with Gasteiger partial charge in [-0.1, -0.05) is 0 Å². The minimum Gasteiger partial charge on any atom is -0.347 e. The molecule has 3 rings (SSSR count). The summed E-state index contributed by atoms with van der Waals surface area (Å²) in [7, 11) is 0. The van der Waals surface area contributed by atoms with Gasteiger partial charge < -0.3 is 10.6 Å². The van der Waals surface area contributed by atoms with Crippen LogP contribution in [0.25, 0.3) is 9.88 Å². The predicted octanol–water partition coefficient (Wildman–Crippen LogP) is 3.96. The number of aromatic nitrogens is 1. The van der Waals surface area contributed by atoms with Crippen LogP contribution in [0.4, 0.5) is 0 Å². The number of carbonyl (C=O) groups excluding carboxylic acids is 1. The molecule has 0 spiro atoms. The average molecular weight is 445 g/mol. The van der Waals surface area contributed by atoms with E-state index in [-0.39, 0.29) is 36.8 Å². The lowest BCUT2D eigenvalue weighted by Crippen LogP contribution is -2.45. The molecule has 0 radical (unpaired) electrons. The Balaban J connectivity index is 0.00000121. The molecule has 1 aliphatic heterocycles. The fourth-order valence-electron chi connectivity index (χ4n) is 2.15. The molecule has 4 nitrogen and oxygen atoms in total. The Labute approximate surface area is 158 Å². The molecule has 1 aliphatic rings. The molecule has 2 N–H and O–H groups in total. The third-order valence-corrected chi connectivity index (χ3v) is 5.85. The lowest BCUT2D eigenvalue weighted by molar-refractivity contribution is 0.0926. The average Bonchev–Trinajstić information content (AvgIpc) is 3.08. The zero-order valence-corrected chi connectivity index (χ0v) is 16.4. The SMILES string of the molecule is Cl.Cl.O=C(NC1CCCNC1)c1csc(-c2cc(Br)cs2)n1. The normalized spacial score (nSPS) is 17.2. The molecule has 3 heterocycles. The fourth-order valence-corrected chi connectivity index (χ4v) is 4.46. The maximum Gasteiger partial charge on any atom is 0.271 e. The third-order valence-electron chi connectivity index (χ3n) is 3.15. The summed E-state index contributed by atoms with van der Waals surface area (Å²) in [6.07, 6.45) is 2.14. The topological polar surface area (TPSA) is 54.0 Å². The quantitative estimate of drug-likeness (QED) is 0.753. The van der Waals surface area contributed by atoms with Crippen LogP contribution >= 0.6 is 63.4 Å². The van der Waals surface area contributed by atoms with Gasteiger partial charge in [0.1, 0.15) is 10.7 Å². The van der Waals surface area contributed by atoms with Crippen LogP contribution < -0.4 is 10.6 Å². The molecule has 2 aromatic rings. The van der Waals surface area contributed by atoms with E-state index in [0.717, 1.165) is 40.3 Å². The summed E-state index contributed by atoms with van der Waals surface area (Å²) >= 11 is 6.56. The minimum absolute atomic E-state index is 0. The van der Waals surface area contributed by atoms with E-state index in [1.165, 1.54) is 11.3 Å². The third kappa shape index (κ3) is 4.91. The molecule has 0 aliphatic carbocycles. The highest BCUT2D eigenvalue weighted by Crippen LogP contribution is 2.31. The van der Waals surface area contributed by atoms with Crippen molar-refractivity contribution in [2.75, 3.05) is 13.1 Å². The fraction of sp³-hybridized carbons (Fsp3) is 0.385. The molecule has 1 fully saturated rings. The van der Waals surface area contributed by atoms with Crippen LogP contribution in [0.5, 0.6) is 0 Å². The van der Waals surface area contributed by atoms with E-state index in [9.17, 15) is 4.79 Å². The van der Waals surface area contributed by atoms with Gasteiger partial charge in [-0.25, -0.2) is 4.98 Å². The summed E-state index contributed by atoms with van der Waals surface area (Å²) in [6.45, 7) is 1.89. The summed E-state index contributed by atoms with van der Waals surface area (Å²) in [6, 6.07) is 2.24. The van der Waals surface area contributed by atoms with Crippen LogP contribution in [0.15, 0.2) is 21.3 Å². The smallest absolute Gasteiger partial charge is 0.271 e. The van der Waals surface area contributed by atoms with Crippen molar-refractivity contribution in [3.8, 4) is 9.88 Å². The van der Waals surface area contributed by atoms with E-state index in [1.807, 2.05) is 16.8 Å². The second-order valence-electron chi connectivity index (χ2n) is 4.68. The maximum absolute atomic E-state index is 12.2. The van der Waals surface area contributed by atoms with Crippen LogP contribution in [0.1, 0.15) is 23.3 Å². The van der Waals surface area contributed by atoms with Crippen molar-refractivity contribution in [1.29, 1.82) is 0 Å². The highest BCUT2D eigenvalue weighted by atomic mass is 79.9. The molecule has 9 heteroatoms. The number of piperidine rings is 1. The minimum atomic E-state index is -0.0724. The number of hydrogen-bond donors (Lipinski definition) is 2. The van der Waals surface area contributed by atoms with Crippen molar-refractivity contribution < 1.29 is 4.79 Å². The monoisotopic (exact) mass is 443 g/mol. The Morgan fingerprint density at radius 1 is 1.36 bits per heavy atom. The molecule has 0 saturated carbocycles. The molecule has 0 aromatic carbocycles. The first-order valence-electron chi connectivity index (χ1n) is 6.44. The number of rotatable bonds is 3. The standard InChI is InChI=1S/C13H14BrN3OS2.2ClH/c14-8-4-11(19-6-8)13-17-10(7-20-13)12(18)16-9-2-1-3-15-5-9;;/h4,6-7,9,15H,1-3,5H2,(H,16,18);2*1H. The van der Waals surface area contributed by atoms with E-state index >= 15 is 0 Å². The van der Waals surface area contributed by atoms with E-state index in [2.05, 4.69) is 31.5 Å². The molecule has 1 unspecified atom stereocenters. The van der Waals surface area contributed by atoms with Gasteiger partial charge in [-0.2, -0.15) is 0 Å². The maximum atomic E-state index is 12.2. The van der Waals surface area contributed by atoms with Gasteiger partial charge in [-0.3, -0.25) is 4.79 Å². The summed E-state index contributed by atoms with van der Waals surface area (Å²) < 4.78 is 1.05. The van der Waals surface area contributed by atoms with Crippen molar-refractivity contribution in [1.82, 2.24) is 15.6 Å². The first kappa shape index (κ1) is 19.9. The van der Waals surface area contributed by atoms with Gasteiger partial charge in [0.15, 0.2) is 0 Å². The number of halogens is 3. The van der Waals surface area contributed by atoms with Crippen LogP contribution in [-0.2, 0) is 0 Å². The Morgan fingerprint density at radius 3 is 2.82 bits per heavy atom. The second-order valence-corrected chi connectivity index (χ2v) is 7.37. The number of thiazole rings is 1. The highest BCUT2D eigenvalue weighted by molar-refractivity contribution is 9.10. The molecular formula is C13H16BrCl2N3OS2. The molecule has 122 valence electrons. The Hall–Kier alpha value is -0.180. The summed E-state index contributed by atoms with van der Waals surface area (Å²) in [5.74, 6) is -0.0724. The van der Waals surface area contributed by atoms with Crippen LogP contribution in [-0.4, -0.2) is 30.0 Å². The van der Waals surface area contributed by atoms with Crippen LogP contribution in [0, 0.1) is 0 Å². The van der Waals surface area contributed by atoms with E-state index in [1.54, 1.807) is 11.3 Å². The zero-order chi connectivity index (χ0) is 13.9. The van der Waals surface area contributed by atoms with Gasteiger partial charge >= 0.3 is 0 Å². The second kappa shape index (κ2) is 9.20. The summed E-state index contributed by atoms with van der Waals surface area (Å²) in [4.78, 5) is 17.7. The number of carbonyl (C=O) groups is 1. The van der Waals surface area contributed by atoms with Gasteiger partial charge in [-0.05, 0) is 41.4 Å². The summed E-state index contributed by atoms with van der Waals surface area (Å²) in [5.41, 5.74) is 0.514. The first-order valence-corrected chi connectivity index (χ1v) is 8.99. The van der Waals surface area contributed by atoms with Crippen molar-refractivity contribution in [3.05, 3.63) is 27.0 Å². The van der Waals surface area contributed by atoms with E-state index < -0.39 is 0 Å². The number of amides is 1. The van der Waals surface area contributed by atoms with Crippen LogP contribution in [0.2, 0.25) is 0 Å². The first-order chi connectivity index (χ1) is 9.72. The number of nitrogens with one attached hydrogen (secondary N) is 2. The van der Waals surface area contributed by atoms with Gasteiger partial charge in [0, 0.05) is 27.8 Å². The molecule has 0 bridgehead atoms. The number of thiophene rings is 1.